The normalized spacial score (nSPS) is 20.1. The van der Waals surface area contributed by atoms with Crippen molar-refractivity contribution in [1.82, 2.24) is 20.1 Å². The van der Waals surface area contributed by atoms with Crippen molar-refractivity contribution < 1.29 is 14.3 Å². The Labute approximate surface area is 154 Å². The van der Waals surface area contributed by atoms with Crippen molar-refractivity contribution in [2.45, 2.75) is 38.6 Å². The summed E-state index contributed by atoms with van der Waals surface area (Å²) < 4.78 is 5.73. The van der Waals surface area contributed by atoms with Gasteiger partial charge in [0.1, 0.15) is 11.3 Å². The Morgan fingerprint density at radius 3 is 2.69 bits per heavy atom. The van der Waals surface area contributed by atoms with Crippen molar-refractivity contribution in [3.8, 4) is 5.75 Å². The summed E-state index contributed by atoms with van der Waals surface area (Å²) in [6, 6.07) is 3.77. The molecule has 142 valence electrons. The SMILES string of the molecule is CCc1nc(C)ccc1OCC(=O)N1CCC2(CC1)C(=O)NCCN2C. The molecule has 0 saturated carbocycles. The molecular formula is C19H28N4O3. The zero-order valence-electron chi connectivity index (χ0n) is 15.9. The lowest BCUT2D eigenvalue weighted by atomic mass is 9.83. The van der Waals surface area contributed by atoms with E-state index in [0.29, 0.717) is 38.2 Å². The van der Waals surface area contributed by atoms with E-state index < -0.39 is 5.54 Å². The number of likely N-dealkylation sites (tertiary alicyclic amines) is 1. The van der Waals surface area contributed by atoms with Gasteiger partial charge in [0.15, 0.2) is 6.61 Å². The first kappa shape index (κ1) is 18.6. The summed E-state index contributed by atoms with van der Waals surface area (Å²) in [4.78, 5) is 33.3. The van der Waals surface area contributed by atoms with E-state index in [1.807, 2.05) is 33.0 Å². The summed E-state index contributed by atoms with van der Waals surface area (Å²) in [5, 5.41) is 2.97. The van der Waals surface area contributed by atoms with E-state index in [1.54, 1.807) is 4.90 Å². The number of carbonyl (C=O) groups excluding carboxylic acids is 2. The van der Waals surface area contributed by atoms with Crippen LogP contribution < -0.4 is 10.1 Å². The van der Waals surface area contributed by atoms with E-state index in [1.165, 1.54) is 0 Å². The van der Waals surface area contributed by atoms with Gasteiger partial charge in [0.2, 0.25) is 5.91 Å². The molecule has 1 N–H and O–H groups in total. The van der Waals surface area contributed by atoms with Crippen LogP contribution in [0.4, 0.5) is 0 Å². The number of carbonyl (C=O) groups is 2. The van der Waals surface area contributed by atoms with Gasteiger partial charge in [-0.2, -0.15) is 0 Å². The number of hydrogen-bond acceptors (Lipinski definition) is 5. The number of rotatable bonds is 4. The van der Waals surface area contributed by atoms with E-state index in [2.05, 4.69) is 15.2 Å². The van der Waals surface area contributed by atoms with Gasteiger partial charge in [-0.3, -0.25) is 19.5 Å². The topological polar surface area (TPSA) is 74.8 Å². The highest BCUT2D eigenvalue weighted by Crippen LogP contribution is 2.30. The Bertz CT molecular complexity index is 683. The van der Waals surface area contributed by atoms with Crippen LogP contribution in [0.1, 0.15) is 31.2 Å². The lowest BCUT2D eigenvalue weighted by Crippen LogP contribution is -2.67. The van der Waals surface area contributed by atoms with Crippen molar-refractivity contribution in [2.24, 2.45) is 0 Å². The van der Waals surface area contributed by atoms with Crippen LogP contribution in [0.2, 0.25) is 0 Å². The second-order valence-electron chi connectivity index (χ2n) is 7.13. The fourth-order valence-electron chi connectivity index (χ4n) is 3.84. The third-order valence-corrected chi connectivity index (χ3v) is 5.59. The summed E-state index contributed by atoms with van der Waals surface area (Å²) in [5.74, 6) is 0.723. The number of nitrogens with one attached hydrogen (secondary N) is 1. The maximum absolute atomic E-state index is 12.5. The van der Waals surface area contributed by atoms with Crippen molar-refractivity contribution in [2.75, 3.05) is 39.8 Å². The zero-order valence-corrected chi connectivity index (χ0v) is 15.9. The van der Waals surface area contributed by atoms with Gasteiger partial charge in [-0.05, 0) is 45.4 Å². The number of aromatic nitrogens is 1. The van der Waals surface area contributed by atoms with Crippen LogP contribution in [0.3, 0.4) is 0 Å². The number of piperazine rings is 1. The van der Waals surface area contributed by atoms with Gasteiger partial charge < -0.3 is 15.0 Å². The maximum Gasteiger partial charge on any atom is 0.260 e. The quantitative estimate of drug-likeness (QED) is 0.858. The third-order valence-electron chi connectivity index (χ3n) is 5.59. The monoisotopic (exact) mass is 360 g/mol. The fourth-order valence-corrected chi connectivity index (χ4v) is 3.84. The van der Waals surface area contributed by atoms with Crippen LogP contribution in [0, 0.1) is 6.92 Å². The number of hydrogen-bond donors (Lipinski definition) is 1. The van der Waals surface area contributed by atoms with Crippen molar-refractivity contribution in [3.63, 3.8) is 0 Å². The molecule has 0 atom stereocenters. The third kappa shape index (κ3) is 3.53. The van der Waals surface area contributed by atoms with Crippen molar-refractivity contribution in [3.05, 3.63) is 23.5 Å². The van der Waals surface area contributed by atoms with Crippen LogP contribution in [0.15, 0.2) is 12.1 Å². The minimum atomic E-state index is -0.466. The lowest BCUT2D eigenvalue weighted by Gasteiger charge is -2.48. The lowest BCUT2D eigenvalue weighted by molar-refractivity contribution is -0.145. The molecule has 26 heavy (non-hydrogen) atoms. The average molecular weight is 360 g/mol. The van der Waals surface area contributed by atoms with Gasteiger partial charge in [0.25, 0.3) is 5.91 Å². The van der Waals surface area contributed by atoms with Gasteiger partial charge >= 0.3 is 0 Å². The summed E-state index contributed by atoms with van der Waals surface area (Å²) in [5.41, 5.74) is 1.35. The van der Waals surface area contributed by atoms with Crippen LogP contribution in [-0.2, 0) is 16.0 Å². The molecule has 0 unspecified atom stereocenters. The summed E-state index contributed by atoms with van der Waals surface area (Å²) in [6.07, 6.45) is 2.08. The minimum Gasteiger partial charge on any atom is -0.482 e. The van der Waals surface area contributed by atoms with E-state index in [9.17, 15) is 9.59 Å². The molecule has 2 fully saturated rings. The number of nitrogens with zero attached hydrogens (tertiary/aromatic N) is 3. The fraction of sp³-hybridized carbons (Fsp3) is 0.632. The first-order valence-corrected chi connectivity index (χ1v) is 9.33. The number of likely N-dealkylation sites (N-methyl/N-ethyl adjacent to an activating group) is 1. The van der Waals surface area contributed by atoms with Gasteiger partial charge in [0.05, 0.1) is 5.69 Å². The number of aryl methyl sites for hydroxylation is 2. The van der Waals surface area contributed by atoms with E-state index in [-0.39, 0.29) is 18.4 Å². The highest BCUT2D eigenvalue weighted by molar-refractivity contribution is 5.87. The Balaban J connectivity index is 1.57. The molecule has 1 aromatic rings. The predicted molar refractivity (Wildman–Crippen MR) is 98.0 cm³/mol. The van der Waals surface area contributed by atoms with Gasteiger partial charge in [0, 0.05) is 31.9 Å². The van der Waals surface area contributed by atoms with Crippen LogP contribution in [0.25, 0.3) is 0 Å². The first-order chi connectivity index (χ1) is 12.5. The maximum atomic E-state index is 12.5. The van der Waals surface area contributed by atoms with Gasteiger partial charge in [-0.1, -0.05) is 6.92 Å². The van der Waals surface area contributed by atoms with E-state index in [0.717, 1.165) is 24.4 Å². The molecule has 0 bridgehead atoms. The standard InChI is InChI=1S/C19H28N4O3/c1-4-15-16(6-5-14(2)21-15)26-13-17(24)23-10-7-19(8-11-23)18(25)20-9-12-22(19)3/h5-6H,4,7-13H2,1-3H3,(H,20,25). The van der Waals surface area contributed by atoms with Crippen molar-refractivity contribution in [1.29, 1.82) is 0 Å². The number of piperidine rings is 1. The highest BCUT2D eigenvalue weighted by Gasteiger charge is 2.46. The number of amides is 2. The number of ether oxygens (including phenoxy) is 1. The summed E-state index contributed by atoms with van der Waals surface area (Å²) >= 11 is 0. The zero-order chi connectivity index (χ0) is 18.7. The van der Waals surface area contributed by atoms with E-state index >= 15 is 0 Å². The van der Waals surface area contributed by atoms with E-state index in [4.69, 9.17) is 4.74 Å². The highest BCUT2D eigenvalue weighted by atomic mass is 16.5. The molecule has 2 aliphatic heterocycles. The Kier molecular flexibility index (Phi) is 5.46. The summed E-state index contributed by atoms with van der Waals surface area (Å²) in [6.45, 7) is 6.66. The van der Waals surface area contributed by atoms with Gasteiger partial charge in [-0.15, -0.1) is 0 Å². The van der Waals surface area contributed by atoms with Crippen LogP contribution >= 0.6 is 0 Å². The predicted octanol–water partition coefficient (Wildman–Crippen LogP) is 0.754. The molecule has 2 saturated heterocycles. The Morgan fingerprint density at radius 1 is 1.31 bits per heavy atom. The molecule has 0 aliphatic carbocycles. The largest absolute Gasteiger partial charge is 0.482 e. The average Bonchev–Trinajstić information content (AvgIpc) is 2.65. The molecular weight excluding hydrogens is 332 g/mol. The molecule has 1 spiro atoms. The molecule has 3 heterocycles. The first-order valence-electron chi connectivity index (χ1n) is 9.33. The second-order valence-corrected chi connectivity index (χ2v) is 7.13. The molecule has 1 aromatic heterocycles. The molecule has 7 heteroatoms. The molecule has 3 rings (SSSR count). The number of pyridine rings is 1. The Hall–Kier alpha value is -2.15. The molecule has 2 aliphatic rings. The molecule has 7 nitrogen and oxygen atoms in total. The summed E-state index contributed by atoms with van der Waals surface area (Å²) in [7, 11) is 2.00. The minimum absolute atomic E-state index is 0.00672. The molecule has 0 radical (unpaired) electrons. The molecule has 2 amide bonds. The van der Waals surface area contributed by atoms with Crippen LogP contribution in [0.5, 0.6) is 5.75 Å². The second kappa shape index (κ2) is 7.61. The molecule has 0 aromatic carbocycles. The van der Waals surface area contributed by atoms with Crippen LogP contribution in [-0.4, -0.2) is 72.0 Å². The Morgan fingerprint density at radius 2 is 2.04 bits per heavy atom. The smallest absolute Gasteiger partial charge is 0.260 e. The van der Waals surface area contributed by atoms with Crippen molar-refractivity contribution >= 4 is 11.8 Å². The van der Waals surface area contributed by atoms with Gasteiger partial charge in [-0.25, -0.2) is 0 Å².